The van der Waals surface area contributed by atoms with Crippen LogP contribution in [0.2, 0.25) is 0 Å². The monoisotopic (exact) mass is 247 g/mol. The number of nitrogens with two attached hydrogens (primary N) is 1. The maximum Gasteiger partial charge on any atom is 0.110 e. The van der Waals surface area contributed by atoms with Crippen LogP contribution in [0.1, 0.15) is 35.7 Å². The number of hydrogen-bond donors (Lipinski definition) is 1. The Bertz CT molecular complexity index is 538. The van der Waals surface area contributed by atoms with Crippen molar-refractivity contribution in [3.8, 4) is 0 Å². The lowest BCUT2D eigenvalue weighted by Crippen LogP contribution is -2.18. The Morgan fingerprint density at radius 3 is 2.67 bits per heavy atom. The Balaban J connectivity index is 2.24. The molecule has 98 valence electrons. The Morgan fingerprint density at radius 1 is 1.39 bits per heavy atom. The molecular weight excluding hydrogens is 226 g/mol. The van der Waals surface area contributed by atoms with Gasteiger partial charge in [0, 0.05) is 49.7 Å². The van der Waals surface area contributed by atoms with E-state index in [0.29, 0.717) is 0 Å². The molecule has 0 amide bonds. The van der Waals surface area contributed by atoms with E-state index in [1.807, 2.05) is 31.0 Å². The van der Waals surface area contributed by atoms with Gasteiger partial charge in [-0.1, -0.05) is 0 Å². The summed E-state index contributed by atoms with van der Waals surface area (Å²) < 4.78 is 4.01. The number of aromatic nitrogens is 4. The fourth-order valence-corrected chi connectivity index (χ4v) is 2.44. The maximum absolute atomic E-state index is 6.32. The first kappa shape index (κ1) is 12.8. The van der Waals surface area contributed by atoms with Crippen LogP contribution in [0.25, 0.3) is 0 Å². The second kappa shape index (κ2) is 4.94. The van der Waals surface area contributed by atoms with Gasteiger partial charge >= 0.3 is 0 Å². The van der Waals surface area contributed by atoms with Gasteiger partial charge in [0.15, 0.2) is 0 Å². The van der Waals surface area contributed by atoms with E-state index in [0.717, 1.165) is 35.7 Å². The average molecular weight is 247 g/mol. The summed E-state index contributed by atoms with van der Waals surface area (Å²) in [6.07, 6.45) is 4.56. The van der Waals surface area contributed by atoms with E-state index in [1.54, 1.807) is 0 Å². The summed E-state index contributed by atoms with van der Waals surface area (Å²) in [6, 6.07) is -0.0496. The molecule has 0 radical (unpaired) electrons. The maximum atomic E-state index is 6.32. The van der Waals surface area contributed by atoms with Crippen molar-refractivity contribution in [2.75, 3.05) is 0 Å². The molecule has 1 unspecified atom stereocenters. The fraction of sp³-hybridized carbons (Fsp3) is 0.538. The zero-order chi connectivity index (χ0) is 13.3. The first-order chi connectivity index (χ1) is 8.54. The molecule has 0 bridgehead atoms. The van der Waals surface area contributed by atoms with E-state index < -0.39 is 0 Å². The second-order valence-electron chi connectivity index (χ2n) is 4.65. The van der Waals surface area contributed by atoms with E-state index in [2.05, 4.69) is 28.5 Å². The van der Waals surface area contributed by atoms with E-state index >= 15 is 0 Å². The third kappa shape index (κ3) is 2.18. The lowest BCUT2D eigenvalue weighted by atomic mass is 10.0. The largest absolute Gasteiger partial charge is 0.335 e. The molecule has 0 aliphatic carbocycles. The lowest BCUT2D eigenvalue weighted by Gasteiger charge is -2.13. The van der Waals surface area contributed by atoms with Gasteiger partial charge in [-0.25, -0.2) is 4.98 Å². The molecule has 0 aliphatic heterocycles. The summed E-state index contributed by atoms with van der Waals surface area (Å²) in [6.45, 7) is 7.10. The molecule has 2 aromatic rings. The predicted octanol–water partition coefficient (Wildman–Crippen LogP) is 1.50. The Kier molecular flexibility index (Phi) is 3.52. The molecule has 2 rings (SSSR count). The van der Waals surface area contributed by atoms with Crippen LogP contribution in [-0.2, 0) is 20.0 Å². The third-order valence-corrected chi connectivity index (χ3v) is 3.48. The summed E-state index contributed by atoms with van der Waals surface area (Å²) in [4.78, 5) is 4.37. The highest BCUT2D eigenvalue weighted by atomic mass is 15.3. The van der Waals surface area contributed by atoms with Gasteiger partial charge < -0.3 is 10.3 Å². The van der Waals surface area contributed by atoms with Gasteiger partial charge in [-0.3, -0.25) is 4.68 Å². The van der Waals surface area contributed by atoms with Gasteiger partial charge in [-0.15, -0.1) is 0 Å². The van der Waals surface area contributed by atoms with Crippen LogP contribution < -0.4 is 5.73 Å². The third-order valence-electron chi connectivity index (χ3n) is 3.48. The summed E-state index contributed by atoms with van der Waals surface area (Å²) in [5.74, 6) is 1.03. The van der Waals surface area contributed by atoms with Crippen molar-refractivity contribution in [1.82, 2.24) is 19.3 Å². The second-order valence-corrected chi connectivity index (χ2v) is 4.65. The van der Waals surface area contributed by atoms with Crippen molar-refractivity contribution in [3.63, 3.8) is 0 Å². The zero-order valence-corrected chi connectivity index (χ0v) is 11.5. The quantitative estimate of drug-likeness (QED) is 0.890. The van der Waals surface area contributed by atoms with Crippen LogP contribution >= 0.6 is 0 Å². The topological polar surface area (TPSA) is 61.7 Å². The van der Waals surface area contributed by atoms with Gasteiger partial charge in [0.05, 0.1) is 5.69 Å². The molecule has 1 atom stereocenters. The molecule has 2 heterocycles. The minimum absolute atomic E-state index is 0.0496. The number of imidazole rings is 1. The van der Waals surface area contributed by atoms with Crippen molar-refractivity contribution in [2.24, 2.45) is 12.8 Å². The molecule has 2 aromatic heterocycles. The van der Waals surface area contributed by atoms with Crippen molar-refractivity contribution >= 4 is 0 Å². The van der Waals surface area contributed by atoms with Crippen LogP contribution in [0.5, 0.6) is 0 Å². The Hall–Kier alpha value is -1.62. The average Bonchev–Trinajstić information content (AvgIpc) is 2.85. The minimum atomic E-state index is -0.0496. The Labute approximate surface area is 108 Å². The van der Waals surface area contributed by atoms with E-state index in [9.17, 15) is 0 Å². The smallest absolute Gasteiger partial charge is 0.110 e. The molecule has 0 aromatic carbocycles. The molecule has 0 fully saturated rings. The van der Waals surface area contributed by atoms with Gasteiger partial charge in [0.2, 0.25) is 0 Å². The van der Waals surface area contributed by atoms with Crippen LogP contribution in [0.15, 0.2) is 12.4 Å². The normalized spacial score (nSPS) is 12.9. The molecule has 18 heavy (non-hydrogen) atoms. The van der Waals surface area contributed by atoms with Gasteiger partial charge in [-0.05, 0) is 20.8 Å². The van der Waals surface area contributed by atoms with Gasteiger partial charge in [-0.2, -0.15) is 5.10 Å². The standard InChI is InChI=1S/C13H21N5/c1-5-18-7-6-15-12(18)8-11(14)13-9(2)16-17(4)10(13)3/h6-7,11H,5,8,14H2,1-4H3. The first-order valence-corrected chi connectivity index (χ1v) is 6.30. The molecule has 0 spiro atoms. The summed E-state index contributed by atoms with van der Waals surface area (Å²) in [5.41, 5.74) is 9.61. The van der Waals surface area contributed by atoms with Crippen molar-refractivity contribution in [3.05, 3.63) is 35.2 Å². The van der Waals surface area contributed by atoms with E-state index in [1.165, 1.54) is 0 Å². The highest BCUT2D eigenvalue weighted by molar-refractivity contribution is 5.28. The van der Waals surface area contributed by atoms with Crippen LogP contribution in [0.4, 0.5) is 0 Å². The molecular formula is C13H21N5. The summed E-state index contributed by atoms with van der Waals surface area (Å²) in [5, 5.41) is 4.41. The number of hydrogen-bond acceptors (Lipinski definition) is 3. The van der Waals surface area contributed by atoms with Crippen LogP contribution in [-0.4, -0.2) is 19.3 Å². The predicted molar refractivity (Wildman–Crippen MR) is 71.2 cm³/mol. The highest BCUT2D eigenvalue weighted by Crippen LogP contribution is 2.22. The van der Waals surface area contributed by atoms with Crippen LogP contribution in [0.3, 0.4) is 0 Å². The van der Waals surface area contributed by atoms with Gasteiger partial charge in [0.25, 0.3) is 0 Å². The van der Waals surface area contributed by atoms with Crippen molar-refractivity contribution in [2.45, 2.75) is 39.8 Å². The van der Waals surface area contributed by atoms with E-state index in [-0.39, 0.29) is 6.04 Å². The first-order valence-electron chi connectivity index (χ1n) is 6.30. The molecule has 0 saturated heterocycles. The minimum Gasteiger partial charge on any atom is -0.335 e. The van der Waals surface area contributed by atoms with Crippen molar-refractivity contribution in [1.29, 1.82) is 0 Å². The number of rotatable bonds is 4. The highest BCUT2D eigenvalue weighted by Gasteiger charge is 2.18. The SMILES string of the molecule is CCn1ccnc1CC(N)c1c(C)nn(C)c1C. The molecule has 0 aliphatic rings. The number of aryl methyl sites for hydroxylation is 3. The fourth-order valence-electron chi connectivity index (χ4n) is 2.44. The zero-order valence-electron chi connectivity index (χ0n) is 11.5. The summed E-state index contributed by atoms with van der Waals surface area (Å²) in [7, 11) is 1.95. The van der Waals surface area contributed by atoms with Crippen molar-refractivity contribution < 1.29 is 0 Å². The van der Waals surface area contributed by atoms with E-state index in [4.69, 9.17) is 5.73 Å². The Morgan fingerprint density at radius 2 is 2.11 bits per heavy atom. The molecule has 0 saturated carbocycles. The summed E-state index contributed by atoms with van der Waals surface area (Å²) >= 11 is 0. The molecule has 5 heteroatoms. The number of nitrogens with zero attached hydrogens (tertiary/aromatic N) is 4. The molecule has 2 N–H and O–H groups in total. The lowest BCUT2D eigenvalue weighted by molar-refractivity contribution is 0.623. The van der Waals surface area contributed by atoms with Crippen LogP contribution in [0, 0.1) is 13.8 Å². The molecule has 5 nitrogen and oxygen atoms in total. The van der Waals surface area contributed by atoms with Gasteiger partial charge in [0.1, 0.15) is 5.82 Å².